The number of hydrogen-bond donors (Lipinski definition) is 2. The topological polar surface area (TPSA) is 54.9 Å². The zero-order valence-electron chi connectivity index (χ0n) is 12.5. The second-order valence-electron chi connectivity index (χ2n) is 3.99. The van der Waals surface area contributed by atoms with Crippen LogP contribution in [0, 0.1) is 0 Å². The highest BCUT2D eigenvalue weighted by Gasteiger charge is 1.96. The molecule has 0 aliphatic carbocycles. The van der Waals surface area contributed by atoms with E-state index in [2.05, 4.69) is 28.8 Å². The summed E-state index contributed by atoms with van der Waals surface area (Å²) >= 11 is 1.86. The maximum atomic E-state index is 5.40. The summed E-state index contributed by atoms with van der Waals surface area (Å²) in [6.45, 7) is 6.79. The van der Waals surface area contributed by atoms with Gasteiger partial charge in [-0.2, -0.15) is 11.8 Å². The second-order valence-corrected chi connectivity index (χ2v) is 4.98. The Hall–Kier alpha value is -0.460. The number of nitrogens with zero attached hydrogens (tertiary/aromatic N) is 1. The van der Waals surface area contributed by atoms with Crippen molar-refractivity contribution >= 4 is 17.7 Å². The van der Waals surface area contributed by atoms with E-state index in [-0.39, 0.29) is 0 Å². The molecule has 0 aromatic heterocycles. The summed E-state index contributed by atoms with van der Waals surface area (Å²) in [5.41, 5.74) is 0. The summed E-state index contributed by atoms with van der Waals surface area (Å²) in [6.07, 6.45) is 4.22. The predicted octanol–water partition coefficient (Wildman–Crippen LogP) is 1.35. The third kappa shape index (κ3) is 13.8. The van der Waals surface area contributed by atoms with Crippen LogP contribution in [0.15, 0.2) is 4.99 Å². The molecule has 2 N–H and O–H groups in total. The molecular formula is C13H29N3O2S. The fourth-order valence-electron chi connectivity index (χ4n) is 1.37. The van der Waals surface area contributed by atoms with Crippen molar-refractivity contribution in [1.29, 1.82) is 0 Å². The summed E-state index contributed by atoms with van der Waals surface area (Å²) in [6, 6.07) is 0. The number of methoxy groups -OCH3 is 1. The third-order valence-electron chi connectivity index (χ3n) is 2.31. The van der Waals surface area contributed by atoms with Crippen LogP contribution in [0.1, 0.15) is 19.8 Å². The molecule has 19 heavy (non-hydrogen) atoms. The number of rotatable bonds is 12. The molecule has 0 aliphatic heterocycles. The van der Waals surface area contributed by atoms with E-state index < -0.39 is 0 Å². The van der Waals surface area contributed by atoms with Gasteiger partial charge < -0.3 is 20.1 Å². The smallest absolute Gasteiger partial charge is 0.191 e. The number of thioether (sulfide) groups is 1. The first-order valence-corrected chi connectivity index (χ1v) is 8.32. The summed E-state index contributed by atoms with van der Waals surface area (Å²) < 4.78 is 10.3. The van der Waals surface area contributed by atoms with E-state index >= 15 is 0 Å². The van der Waals surface area contributed by atoms with Crippen LogP contribution in [-0.4, -0.2) is 64.5 Å². The molecule has 0 spiro atoms. The molecule has 0 amide bonds. The van der Waals surface area contributed by atoms with Gasteiger partial charge in [-0.25, -0.2) is 0 Å². The SMILES string of the molecule is CCNC(=NCCCSC)NCCCOCCOC. The second kappa shape index (κ2) is 15.6. The van der Waals surface area contributed by atoms with Crippen molar-refractivity contribution in [3.05, 3.63) is 0 Å². The van der Waals surface area contributed by atoms with Gasteiger partial charge in [0.1, 0.15) is 0 Å². The molecule has 0 aromatic rings. The summed E-state index contributed by atoms with van der Waals surface area (Å²) in [5, 5.41) is 6.55. The molecule has 0 bridgehead atoms. The lowest BCUT2D eigenvalue weighted by Gasteiger charge is -2.11. The number of aliphatic imine (C=N–C) groups is 1. The molecule has 0 unspecified atom stereocenters. The van der Waals surface area contributed by atoms with Crippen molar-refractivity contribution in [2.45, 2.75) is 19.8 Å². The summed E-state index contributed by atoms with van der Waals surface area (Å²) in [5.74, 6) is 2.07. The van der Waals surface area contributed by atoms with Gasteiger partial charge in [-0.05, 0) is 31.8 Å². The van der Waals surface area contributed by atoms with Gasteiger partial charge in [-0.15, -0.1) is 0 Å². The Bertz CT molecular complexity index is 216. The Morgan fingerprint density at radius 2 is 2.00 bits per heavy atom. The first-order chi connectivity index (χ1) is 9.35. The maximum absolute atomic E-state index is 5.40. The van der Waals surface area contributed by atoms with Gasteiger partial charge in [0.05, 0.1) is 13.2 Å². The van der Waals surface area contributed by atoms with Crippen LogP contribution in [0.3, 0.4) is 0 Å². The van der Waals surface area contributed by atoms with Crippen LogP contribution in [-0.2, 0) is 9.47 Å². The van der Waals surface area contributed by atoms with Crippen molar-refractivity contribution in [2.75, 3.05) is 58.6 Å². The Balaban J connectivity index is 3.58. The van der Waals surface area contributed by atoms with E-state index in [4.69, 9.17) is 9.47 Å². The molecule has 0 saturated heterocycles. The molecule has 0 atom stereocenters. The molecule has 6 heteroatoms. The van der Waals surface area contributed by atoms with Crippen molar-refractivity contribution in [2.24, 2.45) is 4.99 Å². The lowest BCUT2D eigenvalue weighted by Crippen LogP contribution is -2.38. The Morgan fingerprint density at radius 3 is 2.68 bits per heavy atom. The Morgan fingerprint density at radius 1 is 1.16 bits per heavy atom. The van der Waals surface area contributed by atoms with Gasteiger partial charge in [0.2, 0.25) is 0 Å². The average Bonchev–Trinajstić information content (AvgIpc) is 2.42. The zero-order chi connectivity index (χ0) is 14.2. The molecule has 0 aromatic carbocycles. The minimum Gasteiger partial charge on any atom is -0.382 e. The third-order valence-corrected chi connectivity index (χ3v) is 3.01. The van der Waals surface area contributed by atoms with Gasteiger partial charge in [0.25, 0.3) is 0 Å². The van der Waals surface area contributed by atoms with E-state index in [0.717, 1.165) is 50.8 Å². The molecule has 5 nitrogen and oxygen atoms in total. The maximum Gasteiger partial charge on any atom is 0.191 e. The predicted molar refractivity (Wildman–Crippen MR) is 84.3 cm³/mol. The number of hydrogen-bond acceptors (Lipinski definition) is 4. The highest BCUT2D eigenvalue weighted by molar-refractivity contribution is 7.98. The van der Waals surface area contributed by atoms with Crippen LogP contribution in [0.4, 0.5) is 0 Å². The fraction of sp³-hybridized carbons (Fsp3) is 0.923. The van der Waals surface area contributed by atoms with Crippen molar-refractivity contribution < 1.29 is 9.47 Å². The van der Waals surface area contributed by atoms with Crippen LogP contribution in [0.2, 0.25) is 0 Å². The van der Waals surface area contributed by atoms with Crippen molar-refractivity contribution in [3.63, 3.8) is 0 Å². The van der Waals surface area contributed by atoms with Gasteiger partial charge in [-0.1, -0.05) is 0 Å². The number of ether oxygens (including phenoxy) is 2. The minimum atomic E-state index is 0.660. The quantitative estimate of drug-likeness (QED) is 0.323. The normalized spacial score (nSPS) is 11.6. The fourth-order valence-corrected chi connectivity index (χ4v) is 1.78. The Kier molecular flexibility index (Phi) is 15.2. The average molecular weight is 291 g/mol. The number of guanidine groups is 1. The molecule has 0 fully saturated rings. The summed E-state index contributed by atoms with van der Waals surface area (Å²) in [7, 11) is 1.68. The van der Waals surface area contributed by atoms with Gasteiger partial charge in [0.15, 0.2) is 5.96 Å². The monoisotopic (exact) mass is 291 g/mol. The largest absolute Gasteiger partial charge is 0.382 e. The highest BCUT2D eigenvalue weighted by Crippen LogP contribution is 1.95. The molecule has 0 saturated carbocycles. The first-order valence-electron chi connectivity index (χ1n) is 6.93. The van der Waals surface area contributed by atoms with Crippen LogP contribution in [0.5, 0.6) is 0 Å². The molecule has 0 heterocycles. The highest BCUT2D eigenvalue weighted by atomic mass is 32.2. The van der Waals surface area contributed by atoms with Gasteiger partial charge in [0, 0.05) is 33.4 Å². The van der Waals surface area contributed by atoms with E-state index in [1.54, 1.807) is 7.11 Å². The standard InChI is InChI=1S/C13H29N3O2S/c1-4-14-13(16-8-6-12-19-3)15-7-5-9-18-11-10-17-2/h4-12H2,1-3H3,(H2,14,15,16). The van der Waals surface area contributed by atoms with E-state index in [1.165, 1.54) is 0 Å². The lowest BCUT2D eigenvalue weighted by molar-refractivity contribution is 0.0698. The first kappa shape index (κ1) is 18.5. The minimum absolute atomic E-state index is 0.660. The van der Waals surface area contributed by atoms with E-state index in [1.807, 2.05) is 11.8 Å². The van der Waals surface area contributed by atoms with Crippen LogP contribution in [0.25, 0.3) is 0 Å². The molecular weight excluding hydrogens is 262 g/mol. The lowest BCUT2D eigenvalue weighted by atomic mass is 10.4. The molecule has 114 valence electrons. The molecule has 0 radical (unpaired) electrons. The van der Waals surface area contributed by atoms with Crippen LogP contribution < -0.4 is 10.6 Å². The van der Waals surface area contributed by atoms with Crippen LogP contribution >= 0.6 is 11.8 Å². The van der Waals surface area contributed by atoms with Gasteiger partial charge >= 0.3 is 0 Å². The molecule has 0 rings (SSSR count). The van der Waals surface area contributed by atoms with Crippen molar-refractivity contribution in [1.82, 2.24) is 10.6 Å². The van der Waals surface area contributed by atoms with E-state index in [9.17, 15) is 0 Å². The number of nitrogens with one attached hydrogen (secondary N) is 2. The van der Waals surface area contributed by atoms with E-state index in [0.29, 0.717) is 13.2 Å². The molecule has 0 aliphatic rings. The zero-order valence-corrected chi connectivity index (χ0v) is 13.4. The summed E-state index contributed by atoms with van der Waals surface area (Å²) in [4.78, 5) is 4.52. The Labute approximate surface area is 121 Å². The van der Waals surface area contributed by atoms with Gasteiger partial charge in [-0.3, -0.25) is 4.99 Å². The van der Waals surface area contributed by atoms with Crippen molar-refractivity contribution in [3.8, 4) is 0 Å².